The van der Waals surface area contributed by atoms with Crippen molar-refractivity contribution >= 4 is 29.0 Å². The van der Waals surface area contributed by atoms with Gasteiger partial charge in [-0.05, 0) is 19.9 Å². The minimum absolute atomic E-state index is 0.0923. The Kier molecular flexibility index (Phi) is 6.88. The number of amides is 1. The lowest BCUT2D eigenvalue weighted by Crippen LogP contribution is -2.31. The van der Waals surface area contributed by atoms with Gasteiger partial charge in [0.25, 0.3) is 0 Å². The SMILES string of the molecule is CC(C)NC(=O)CSCc1cc(C#CCN)cs1. The van der Waals surface area contributed by atoms with E-state index in [1.165, 1.54) is 4.88 Å². The smallest absolute Gasteiger partial charge is 0.230 e. The highest BCUT2D eigenvalue weighted by Crippen LogP contribution is 2.19. The van der Waals surface area contributed by atoms with Gasteiger partial charge in [-0.15, -0.1) is 23.1 Å². The molecule has 0 saturated heterocycles. The van der Waals surface area contributed by atoms with Crippen LogP contribution in [0.4, 0.5) is 0 Å². The predicted molar refractivity (Wildman–Crippen MR) is 79.7 cm³/mol. The molecule has 1 aromatic heterocycles. The molecule has 0 radical (unpaired) electrons. The van der Waals surface area contributed by atoms with E-state index < -0.39 is 0 Å². The molecule has 0 bridgehead atoms. The quantitative estimate of drug-likeness (QED) is 0.810. The topological polar surface area (TPSA) is 55.1 Å². The minimum atomic E-state index is 0.0923. The van der Waals surface area contributed by atoms with E-state index in [-0.39, 0.29) is 11.9 Å². The zero-order valence-electron chi connectivity index (χ0n) is 10.7. The molecular formula is C13H18N2OS2. The summed E-state index contributed by atoms with van der Waals surface area (Å²) in [5, 5.41) is 4.89. The van der Waals surface area contributed by atoms with Crippen molar-refractivity contribution in [3.63, 3.8) is 0 Å². The third-order valence-corrected chi connectivity index (χ3v) is 4.02. The predicted octanol–water partition coefficient (Wildman–Crippen LogP) is 1.82. The molecule has 0 aliphatic rings. The fourth-order valence-corrected chi connectivity index (χ4v) is 3.06. The lowest BCUT2D eigenvalue weighted by Gasteiger charge is -2.07. The summed E-state index contributed by atoms with van der Waals surface area (Å²) in [6, 6.07) is 2.26. The van der Waals surface area contributed by atoms with Gasteiger partial charge in [-0.25, -0.2) is 0 Å². The lowest BCUT2D eigenvalue weighted by molar-refractivity contribution is -0.119. The van der Waals surface area contributed by atoms with Crippen LogP contribution in [0.2, 0.25) is 0 Å². The van der Waals surface area contributed by atoms with Crippen LogP contribution < -0.4 is 11.1 Å². The Labute approximate surface area is 117 Å². The van der Waals surface area contributed by atoms with Crippen molar-refractivity contribution in [2.75, 3.05) is 12.3 Å². The maximum absolute atomic E-state index is 11.4. The second-order valence-corrected chi connectivity index (χ2v) is 6.00. The molecule has 1 rings (SSSR count). The summed E-state index contributed by atoms with van der Waals surface area (Å²) < 4.78 is 0. The molecule has 1 aromatic rings. The molecule has 1 amide bonds. The van der Waals surface area contributed by atoms with E-state index in [0.29, 0.717) is 12.3 Å². The van der Waals surface area contributed by atoms with Gasteiger partial charge in [0.1, 0.15) is 0 Å². The molecule has 0 aliphatic heterocycles. The monoisotopic (exact) mass is 282 g/mol. The van der Waals surface area contributed by atoms with Gasteiger partial charge in [0.2, 0.25) is 5.91 Å². The molecule has 1 heterocycles. The summed E-state index contributed by atoms with van der Waals surface area (Å²) in [5.74, 6) is 7.26. The van der Waals surface area contributed by atoms with Crippen LogP contribution in [0.1, 0.15) is 24.3 Å². The van der Waals surface area contributed by atoms with E-state index in [1.54, 1.807) is 23.1 Å². The zero-order chi connectivity index (χ0) is 13.4. The van der Waals surface area contributed by atoms with Crippen LogP contribution in [0.3, 0.4) is 0 Å². The third kappa shape index (κ3) is 6.10. The Bertz CT molecular complexity index is 443. The fraction of sp³-hybridized carbons (Fsp3) is 0.462. The Balaban J connectivity index is 2.31. The average molecular weight is 282 g/mol. The third-order valence-electron chi connectivity index (χ3n) is 1.92. The molecule has 3 nitrogen and oxygen atoms in total. The van der Waals surface area contributed by atoms with Crippen LogP contribution in [-0.2, 0) is 10.5 Å². The second kappa shape index (κ2) is 8.20. The highest BCUT2D eigenvalue weighted by molar-refractivity contribution is 7.99. The molecule has 0 fully saturated rings. The highest BCUT2D eigenvalue weighted by Gasteiger charge is 2.04. The number of carbonyl (C=O) groups is 1. The van der Waals surface area contributed by atoms with Crippen molar-refractivity contribution < 1.29 is 4.79 Å². The van der Waals surface area contributed by atoms with Gasteiger partial charge in [-0.3, -0.25) is 4.79 Å². The molecule has 18 heavy (non-hydrogen) atoms. The summed E-state index contributed by atoms with van der Waals surface area (Å²) in [5.41, 5.74) is 6.32. The van der Waals surface area contributed by atoms with Gasteiger partial charge < -0.3 is 11.1 Å². The summed E-state index contributed by atoms with van der Waals surface area (Å²) in [7, 11) is 0. The molecule has 98 valence electrons. The molecular weight excluding hydrogens is 264 g/mol. The van der Waals surface area contributed by atoms with E-state index >= 15 is 0 Å². The second-order valence-electron chi connectivity index (χ2n) is 4.02. The van der Waals surface area contributed by atoms with Crippen LogP contribution in [0.25, 0.3) is 0 Å². The first kappa shape index (κ1) is 15.1. The summed E-state index contributed by atoms with van der Waals surface area (Å²) >= 11 is 3.29. The molecule has 0 atom stereocenters. The number of thioether (sulfide) groups is 1. The zero-order valence-corrected chi connectivity index (χ0v) is 12.3. The summed E-state index contributed by atoms with van der Waals surface area (Å²) in [6.07, 6.45) is 0. The largest absolute Gasteiger partial charge is 0.353 e. The van der Waals surface area contributed by atoms with Crippen molar-refractivity contribution in [2.45, 2.75) is 25.6 Å². The van der Waals surface area contributed by atoms with Gasteiger partial charge in [-0.1, -0.05) is 11.8 Å². The first-order chi connectivity index (χ1) is 8.61. The summed E-state index contributed by atoms with van der Waals surface area (Å²) in [6.45, 7) is 4.31. The maximum atomic E-state index is 11.4. The molecule has 0 spiro atoms. The van der Waals surface area contributed by atoms with Crippen molar-refractivity contribution in [3.05, 3.63) is 21.9 Å². The van der Waals surface area contributed by atoms with Crippen LogP contribution in [0.5, 0.6) is 0 Å². The normalized spacial score (nSPS) is 10.0. The first-order valence-corrected chi connectivity index (χ1v) is 7.78. The van der Waals surface area contributed by atoms with Crippen LogP contribution in [0.15, 0.2) is 11.4 Å². The molecule has 0 unspecified atom stereocenters. The fourth-order valence-electron chi connectivity index (χ4n) is 1.28. The maximum Gasteiger partial charge on any atom is 0.230 e. The Morgan fingerprint density at radius 3 is 3.06 bits per heavy atom. The van der Waals surface area contributed by atoms with Crippen molar-refractivity contribution in [2.24, 2.45) is 5.73 Å². The average Bonchev–Trinajstić information content (AvgIpc) is 2.73. The van der Waals surface area contributed by atoms with E-state index in [2.05, 4.69) is 23.2 Å². The van der Waals surface area contributed by atoms with Crippen molar-refractivity contribution in [3.8, 4) is 11.8 Å². The molecule has 0 saturated carbocycles. The van der Waals surface area contributed by atoms with E-state index in [0.717, 1.165) is 11.3 Å². The Morgan fingerprint density at radius 2 is 2.39 bits per heavy atom. The first-order valence-electron chi connectivity index (χ1n) is 5.75. The molecule has 3 N–H and O–H groups in total. The van der Waals surface area contributed by atoms with Crippen molar-refractivity contribution in [1.82, 2.24) is 5.32 Å². The van der Waals surface area contributed by atoms with E-state index in [1.807, 2.05) is 19.2 Å². The summed E-state index contributed by atoms with van der Waals surface area (Å²) in [4.78, 5) is 12.7. The van der Waals surface area contributed by atoms with Gasteiger partial charge in [0.15, 0.2) is 0 Å². The number of hydrogen-bond acceptors (Lipinski definition) is 4. The number of nitrogens with one attached hydrogen (secondary N) is 1. The molecule has 0 aliphatic carbocycles. The standard InChI is InChI=1S/C13H18N2OS2/c1-10(2)15-13(16)9-17-8-12-6-11(7-18-12)4-3-5-14/h6-7,10H,5,8-9,14H2,1-2H3,(H,15,16). The number of rotatable bonds is 5. The number of hydrogen-bond donors (Lipinski definition) is 2. The lowest BCUT2D eigenvalue weighted by atomic mass is 10.3. The Hall–Kier alpha value is -0.960. The van der Waals surface area contributed by atoms with Crippen LogP contribution in [0, 0.1) is 11.8 Å². The van der Waals surface area contributed by atoms with Gasteiger partial charge in [0.05, 0.1) is 12.3 Å². The minimum Gasteiger partial charge on any atom is -0.353 e. The molecule has 0 aromatic carbocycles. The number of thiophene rings is 1. The van der Waals surface area contributed by atoms with Gasteiger partial charge >= 0.3 is 0 Å². The Morgan fingerprint density at radius 1 is 1.61 bits per heavy atom. The van der Waals surface area contributed by atoms with Gasteiger partial charge in [0, 0.05) is 27.6 Å². The van der Waals surface area contributed by atoms with Crippen LogP contribution in [-0.4, -0.2) is 24.2 Å². The van der Waals surface area contributed by atoms with Crippen LogP contribution >= 0.6 is 23.1 Å². The number of nitrogens with two attached hydrogens (primary N) is 1. The highest BCUT2D eigenvalue weighted by atomic mass is 32.2. The molecule has 5 heteroatoms. The number of carbonyl (C=O) groups excluding carboxylic acids is 1. The van der Waals surface area contributed by atoms with E-state index in [9.17, 15) is 4.79 Å². The van der Waals surface area contributed by atoms with E-state index in [4.69, 9.17) is 5.73 Å². The van der Waals surface area contributed by atoms with Gasteiger partial charge in [-0.2, -0.15) is 0 Å². The van der Waals surface area contributed by atoms with Crippen molar-refractivity contribution in [1.29, 1.82) is 0 Å².